The van der Waals surface area contributed by atoms with Gasteiger partial charge in [-0.05, 0) is 67.3 Å². The number of imidazole rings is 1. The molecule has 3 aromatic heterocycles. The number of methoxy groups -OCH3 is 1. The summed E-state index contributed by atoms with van der Waals surface area (Å²) in [5, 5.41) is 4.50. The zero-order chi connectivity index (χ0) is 32.0. The fraction of sp³-hybridized carbons (Fsp3) is 0.417. The van der Waals surface area contributed by atoms with E-state index in [0.717, 1.165) is 66.1 Å². The highest BCUT2D eigenvalue weighted by Crippen LogP contribution is 2.45. The molecule has 0 saturated carbocycles. The van der Waals surface area contributed by atoms with Gasteiger partial charge in [0.15, 0.2) is 5.82 Å². The lowest BCUT2D eigenvalue weighted by Gasteiger charge is -2.26. The van der Waals surface area contributed by atoms with E-state index in [0.29, 0.717) is 36.2 Å². The molecule has 11 heteroatoms. The Labute approximate surface area is 287 Å². The Hall–Kier alpha value is -3.52. The minimum absolute atomic E-state index is 0.0978. The van der Waals surface area contributed by atoms with E-state index < -0.39 is 6.17 Å². The molecule has 9 rings (SSSR count). The highest BCUT2D eigenvalue weighted by molar-refractivity contribution is 14.1. The number of nitrogens with one attached hydrogen (secondary N) is 1. The quantitative estimate of drug-likeness (QED) is 0.116. The molecule has 2 bridgehead atoms. The molecule has 3 fully saturated rings. The molecular formula is C36H39IN8O2. The van der Waals surface area contributed by atoms with E-state index in [4.69, 9.17) is 20.4 Å². The SMILES string of the molecule is COc1cc(C(=O)N2C[C@H]3N[C@]3(I)[C@H]2N)cc2nc3n(c12)Cc1cccc(c1)[C@@H]1CN(C)C[C@@H]1CCCCn1c-3cc2cccnc21. The molecule has 0 spiro atoms. The standard InChI is InChI=1S/C36H39IN8O2/c1-42-18-24-8-3-4-12-43-28(15-23-10-6-11-39-32(23)43)33-40-27-14-25(34(46)45-20-30-36(37,41-30)35(45)38)16-29(47-2)31(27)44(33)17-21-7-5-9-22(13-21)26(24)19-42/h5-7,9-11,13-16,24,26,30,35,41H,3-4,8,12,17-20,38H2,1-2H3/t24-,26-,30+,35-,36-/m0/s1. The first-order valence-electron chi connectivity index (χ1n) is 16.7. The minimum atomic E-state index is -0.396. The number of carbonyl (C=O) groups excluding carboxylic acids is 1. The first-order chi connectivity index (χ1) is 22.8. The smallest absolute Gasteiger partial charge is 0.255 e. The van der Waals surface area contributed by atoms with Crippen LogP contribution < -0.4 is 15.8 Å². The first kappa shape index (κ1) is 29.6. The predicted octanol–water partition coefficient (Wildman–Crippen LogP) is 4.78. The molecule has 5 atom stereocenters. The van der Waals surface area contributed by atoms with Gasteiger partial charge in [-0.15, -0.1) is 0 Å². The molecule has 4 aliphatic heterocycles. The molecule has 2 aromatic carbocycles. The monoisotopic (exact) mass is 742 g/mol. The number of aromatic nitrogens is 4. The highest BCUT2D eigenvalue weighted by atomic mass is 127. The fourth-order valence-corrected chi connectivity index (χ4v) is 9.41. The van der Waals surface area contributed by atoms with Crippen LogP contribution in [-0.4, -0.2) is 84.4 Å². The number of hydrogen-bond donors (Lipinski definition) is 2. The van der Waals surface area contributed by atoms with Crippen molar-refractivity contribution in [1.82, 2.24) is 34.2 Å². The Morgan fingerprint density at radius 3 is 2.81 bits per heavy atom. The van der Waals surface area contributed by atoms with Gasteiger partial charge in [-0.3, -0.25) is 10.1 Å². The number of rotatable bonds is 2. The summed E-state index contributed by atoms with van der Waals surface area (Å²) in [5.41, 5.74) is 13.3. The summed E-state index contributed by atoms with van der Waals surface area (Å²) in [7, 11) is 3.92. The van der Waals surface area contributed by atoms with Crippen LogP contribution in [0.3, 0.4) is 0 Å². The second-order valence-corrected chi connectivity index (χ2v) is 15.6. The number of pyridine rings is 1. The summed E-state index contributed by atoms with van der Waals surface area (Å²) in [5.74, 6) is 2.54. The zero-order valence-electron chi connectivity index (χ0n) is 26.7. The second-order valence-electron chi connectivity index (χ2n) is 13.9. The van der Waals surface area contributed by atoms with Gasteiger partial charge >= 0.3 is 0 Å². The van der Waals surface area contributed by atoms with Crippen molar-refractivity contribution in [3.8, 4) is 17.3 Å². The molecule has 4 aliphatic rings. The van der Waals surface area contributed by atoms with E-state index in [1.165, 1.54) is 17.5 Å². The van der Waals surface area contributed by atoms with Crippen molar-refractivity contribution in [3.63, 3.8) is 0 Å². The van der Waals surface area contributed by atoms with Crippen molar-refractivity contribution < 1.29 is 9.53 Å². The third-order valence-electron chi connectivity index (χ3n) is 10.9. The number of hydrogen-bond acceptors (Lipinski definition) is 7. The van der Waals surface area contributed by atoms with Gasteiger partial charge in [-0.1, -0.05) is 53.3 Å². The van der Waals surface area contributed by atoms with Gasteiger partial charge in [0, 0.05) is 55.8 Å². The number of halogens is 1. The number of likely N-dealkylation sites (N-methyl/N-ethyl adjacent to an activating group) is 1. The van der Waals surface area contributed by atoms with Crippen LogP contribution in [0.15, 0.2) is 60.8 Å². The van der Waals surface area contributed by atoms with Crippen LogP contribution in [-0.2, 0) is 13.1 Å². The van der Waals surface area contributed by atoms with Gasteiger partial charge in [-0.2, -0.15) is 0 Å². The lowest BCUT2D eigenvalue weighted by Crippen LogP contribution is -2.50. The van der Waals surface area contributed by atoms with Crippen molar-refractivity contribution in [2.75, 3.05) is 33.8 Å². The van der Waals surface area contributed by atoms with Crippen LogP contribution in [0.2, 0.25) is 0 Å². The molecule has 0 unspecified atom stereocenters. The fourth-order valence-electron chi connectivity index (χ4n) is 8.50. The third-order valence-corrected chi connectivity index (χ3v) is 12.6. The number of amides is 1. The average Bonchev–Trinajstić information content (AvgIpc) is 3.40. The Balaban J connectivity index is 1.23. The molecule has 47 heavy (non-hydrogen) atoms. The molecule has 3 saturated heterocycles. The Morgan fingerprint density at radius 2 is 1.98 bits per heavy atom. The zero-order valence-corrected chi connectivity index (χ0v) is 28.9. The van der Waals surface area contributed by atoms with Gasteiger partial charge in [0.1, 0.15) is 26.6 Å². The Kier molecular flexibility index (Phi) is 6.93. The molecule has 7 heterocycles. The topological polar surface area (TPSA) is 116 Å². The Bertz CT molecular complexity index is 2060. The summed E-state index contributed by atoms with van der Waals surface area (Å²) >= 11 is 2.34. The number of nitrogens with two attached hydrogens (primary N) is 1. The number of alkyl halides is 1. The molecular weight excluding hydrogens is 703 g/mol. The van der Waals surface area contributed by atoms with E-state index >= 15 is 0 Å². The van der Waals surface area contributed by atoms with Crippen molar-refractivity contribution in [2.24, 2.45) is 11.7 Å². The van der Waals surface area contributed by atoms with Gasteiger partial charge in [0.2, 0.25) is 0 Å². The molecule has 3 N–H and O–H groups in total. The lowest BCUT2D eigenvalue weighted by molar-refractivity contribution is 0.0717. The van der Waals surface area contributed by atoms with E-state index in [2.05, 4.69) is 85.4 Å². The van der Waals surface area contributed by atoms with Crippen LogP contribution in [0.1, 0.15) is 46.7 Å². The summed E-state index contributed by atoms with van der Waals surface area (Å²) < 4.78 is 10.4. The number of piperazine rings is 1. The van der Waals surface area contributed by atoms with Crippen LogP contribution in [0.25, 0.3) is 33.6 Å². The third kappa shape index (κ3) is 4.72. The number of carbonyl (C=O) groups is 1. The normalized spacial score (nSPS) is 27.3. The molecule has 1 amide bonds. The lowest BCUT2D eigenvalue weighted by atomic mass is 9.85. The molecule has 0 radical (unpaired) electrons. The molecule has 5 aromatic rings. The van der Waals surface area contributed by atoms with Crippen LogP contribution >= 0.6 is 22.6 Å². The number of fused-ring (bicyclic) bond motifs is 12. The van der Waals surface area contributed by atoms with Crippen molar-refractivity contribution in [1.29, 1.82) is 0 Å². The summed E-state index contributed by atoms with van der Waals surface area (Å²) in [6, 6.07) is 19.5. The van der Waals surface area contributed by atoms with E-state index in [-0.39, 0.29) is 15.5 Å². The number of likely N-dealkylation sites (tertiary alicyclic amines) is 2. The number of ether oxygens (including phenoxy) is 1. The van der Waals surface area contributed by atoms with E-state index in [9.17, 15) is 4.79 Å². The summed E-state index contributed by atoms with van der Waals surface area (Å²) in [6.45, 7) is 4.29. The van der Waals surface area contributed by atoms with Crippen molar-refractivity contribution >= 4 is 50.6 Å². The van der Waals surface area contributed by atoms with Gasteiger partial charge in [-0.25, -0.2) is 9.97 Å². The molecule has 10 nitrogen and oxygen atoms in total. The molecule has 0 aliphatic carbocycles. The maximum atomic E-state index is 13.9. The summed E-state index contributed by atoms with van der Waals surface area (Å²) in [4.78, 5) is 28.3. The Morgan fingerprint density at radius 1 is 1.09 bits per heavy atom. The van der Waals surface area contributed by atoms with Crippen LogP contribution in [0.5, 0.6) is 5.75 Å². The van der Waals surface area contributed by atoms with Crippen LogP contribution in [0, 0.1) is 5.92 Å². The van der Waals surface area contributed by atoms with Gasteiger partial charge in [0.05, 0.1) is 24.4 Å². The molecule has 242 valence electrons. The van der Waals surface area contributed by atoms with E-state index in [1.54, 1.807) is 12.0 Å². The highest BCUT2D eigenvalue weighted by Gasteiger charge is 2.64. The maximum Gasteiger partial charge on any atom is 0.255 e. The predicted molar refractivity (Wildman–Crippen MR) is 191 cm³/mol. The van der Waals surface area contributed by atoms with Crippen molar-refractivity contribution in [2.45, 2.75) is 54.0 Å². The first-order valence-corrected chi connectivity index (χ1v) is 17.7. The van der Waals surface area contributed by atoms with Gasteiger partial charge < -0.3 is 29.4 Å². The van der Waals surface area contributed by atoms with Crippen molar-refractivity contribution in [3.05, 3.63) is 77.5 Å². The number of nitrogens with zero attached hydrogens (tertiary/aromatic N) is 6. The number of aryl methyl sites for hydroxylation is 1. The number of benzene rings is 2. The maximum absolute atomic E-state index is 13.9. The minimum Gasteiger partial charge on any atom is -0.494 e. The average molecular weight is 743 g/mol. The van der Waals surface area contributed by atoms with Crippen LogP contribution in [0.4, 0.5) is 0 Å². The second kappa shape index (κ2) is 11.0. The summed E-state index contributed by atoms with van der Waals surface area (Å²) in [6.07, 6.45) is 4.91. The largest absolute Gasteiger partial charge is 0.494 e. The van der Waals surface area contributed by atoms with Gasteiger partial charge in [0.25, 0.3) is 5.91 Å². The van der Waals surface area contributed by atoms with E-state index in [1.807, 2.05) is 24.4 Å².